The maximum Gasteiger partial charge on any atom is 0.291 e. The van der Waals surface area contributed by atoms with E-state index >= 15 is 0 Å². The lowest BCUT2D eigenvalue weighted by atomic mass is 10.2. The Morgan fingerprint density at radius 1 is 1.04 bits per heavy atom. The Bertz CT molecular complexity index is 916. The third kappa shape index (κ3) is 4.09. The van der Waals surface area contributed by atoms with Gasteiger partial charge in [-0.15, -0.1) is 0 Å². The van der Waals surface area contributed by atoms with Crippen molar-refractivity contribution in [2.45, 2.75) is 24.4 Å². The number of benzene rings is 1. The third-order valence-electron chi connectivity index (χ3n) is 4.36. The first kappa shape index (κ1) is 19.2. The minimum absolute atomic E-state index is 0.0830. The number of methoxy groups -OCH3 is 2. The van der Waals surface area contributed by atoms with Gasteiger partial charge in [-0.1, -0.05) is 6.42 Å². The Balaban J connectivity index is 1.75. The fourth-order valence-corrected chi connectivity index (χ4v) is 4.35. The van der Waals surface area contributed by atoms with Crippen molar-refractivity contribution in [2.75, 3.05) is 32.6 Å². The number of carbonyl (C=O) groups excluding carboxylic acids is 1. The molecule has 1 saturated heterocycles. The first-order chi connectivity index (χ1) is 13.0. The minimum atomic E-state index is -3.72. The van der Waals surface area contributed by atoms with Crippen molar-refractivity contribution in [1.29, 1.82) is 0 Å². The number of ether oxygens (including phenoxy) is 2. The molecule has 0 atom stereocenters. The van der Waals surface area contributed by atoms with Crippen LogP contribution in [0.4, 0.5) is 5.69 Å². The summed E-state index contributed by atoms with van der Waals surface area (Å²) in [6, 6.07) is 7.57. The van der Waals surface area contributed by atoms with Gasteiger partial charge in [0.25, 0.3) is 15.9 Å². The number of carbonyl (C=O) groups is 1. The molecule has 1 aliphatic rings. The van der Waals surface area contributed by atoms with E-state index in [0.717, 1.165) is 19.3 Å². The largest absolute Gasteiger partial charge is 0.493 e. The minimum Gasteiger partial charge on any atom is -0.493 e. The molecule has 1 fully saturated rings. The number of hydrogen-bond donors (Lipinski definition) is 1. The van der Waals surface area contributed by atoms with Crippen LogP contribution in [0.15, 0.2) is 39.8 Å². The molecule has 146 valence electrons. The van der Waals surface area contributed by atoms with Crippen LogP contribution in [0.2, 0.25) is 0 Å². The zero-order valence-corrected chi connectivity index (χ0v) is 16.0. The van der Waals surface area contributed by atoms with Crippen LogP contribution in [0.25, 0.3) is 0 Å². The van der Waals surface area contributed by atoms with Gasteiger partial charge in [0.15, 0.2) is 17.3 Å². The summed E-state index contributed by atoms with van der Waals surface area (Å²) >= 11 is 0. The Morgan fingerprint density at radius 2 is 1.74 bits per heavy atom. The molecule has 0 unspecified atom stereocenters. The second kappa shape index (κ2) is 8.01. The Kier molecular flexibility index (Phi) is 5.71. The number of nitrogens with one attached hydrogen (secondary N) is 1. The van der Waals surface area contributed by atoms with Crippen molar-refractivity contribution >= 4 is 21.6 Å². The number of rotatable bonds is 6. The predicted octanol–water partition coefficient (Wildman–Crippen LogP) is 2.72. The number of anilines is 1. The molecule has 1 aromatic carbocycles. The maximum absolute atomic E-state index is 12.6. The van der Waals surface area contributed by atoms with Crippen LogP contribution >= 0.6 is 0 Å². The number of amides is 1. The van der Waals surface area contributed by atoms with Gasteiger partial charge in [0.2, 0.25) is 5.09 Å². The van der Waals surface area contributed by atoms with Gasteiger partial charge in [-0.25, -0.2) is 8.42 Å². The van der Waals surface area contributed by atoms with Crippen LogP contribution in [0.3, 0.4) is 0 Å². The van der Waals surface area contributed by atoms with Crippen LogP contribution < -0.4 is 14.8 Å². The van der Waals surface area contributed by atoms with E-state index in [1.807, 2.05) is 0 Å². The van der Waals surface area contributed by atoms with Crippen molar-refractivity contribution < 1.29 is 27.1 Å². The van der Waals surface area contributed by atoms with Gasteiger partial charge in [0.05, 0.1) is 14.2 Å². The fourth-order valence-electron chi connectivity index (χ4n) is 2.92. The molecule has 1 amide bonds. The van der Waals surface area contributed by atoms with Gasteiger partial charge in [-0.05, 0) is 37.1 Å². The molecule has 0 aliphatic carbocycles. The molecule has 0 bridgehead atoms. The zero-order valence-electron chi connectivity index (χ0n) is 15.2. The van der Waals surface area contributed by atoms with Crippen molar-refractivity contribution in [3.63, 3.8) is 0 Å². The quantitative estimate of drug-likeness (QED) is 0.809. The highest BCUT2D eigenvalue weighted by Gasteiger charge is 2.29. The highest BCUT2D eigenvalue weighted by Crippen LogP contribution is 2.30. The topological polar surface area (TPSA) is 98.1 Å². The number of hydrogen-bond acceptors (Lipinski definition) is 6. The van der Waals surface area contributed by atoms with E-state index in [1.54, 1.807) is 18.2 Å². The average molecular weight is 394 g/mol. The summed E-state index contributed by atoms with van der Waals surface area (Å²) in [7, 11) is -0.706. The standard InChI is InChI=1S/C18H22N2O6S/c1-24-14-7-6-13(12-16(14)25-2)19-18(21)15-8-9-17(26-15)27(22,23)20-10-4-3-5-11-20/h6-9,12H,3-5,10-11H2,1-2H3,(H,19,21). The molecule has 2 heterocycles. The van der Waals surface area contributed by atoms with Crippen molar-refractivity contribution in [3.05, 3.63) is 36.1 Å². The summed E-state index contributed by atoms with van der Waals surface area (Å²) < 4.78 is 42.3. The predicted molar refractivity (Wildman–Crippen MR) is 98.8 cm³/mol. The number of furan rings is 1. The lowest BCUT2D eigenvalue weighted by Crippen LogP contribution is -2.35. The molecule has 2 aromatic rings. The monoisotopic (exact) mass is 394 g/mol. The molecule has 3 rings (SSSR count). The van der Waals surface area contributed by atoms with E-state index < -0.39 is 15.9 Å². The number of piperidine rings is 1. The van der Waals surface area contributed by atoms with Gasteiger partial charge in [-0.3, -0.25) is 4.79 Å². The summed E-state index contributed by atoms with van der Waals surface area (Å²) in [5.74, 6) is 0.356. The van der Waals surface area contributed by atoms with Crippen LogP contribution in [0, 0.1) is 0 Å². The SMILES string of the molecule is COc1ccc(NC(=O)c2ccc(S(=O)(=O)N3CCCCC3)o2)cc1OC. The molecule has 1 aromatic heterocycles. The van der Waals surface area contributed by atoms with Crippen molar-refractivity contribution in [2.24, 2.45) is 0 Å². The third-order valence-corrected chi connectivity index (χ3v) is 6.13. The first-order valence-corrected chi connectivity index (χ1v) is 10.0. The van der Waals surface area contributed by atoms with Crippen LogP contribution in [0.5, 0.6) is 11.5 Å². The van der Waals surface area contributed by atoms with Gasteiger partial charge >= 0.3 is 0 Å². The number of sulfonamides is 1. The van der Waals surface area contributed by atoms with E-state index in [9.17, 15) is 13.2 Å². The summed E-state index contributed by atoms with van der Waals surface area (Å²) in [6.45, 7) is 0.937. The van der Waals surface area contributed by atoms with E-state index in [0.29, 0.717) is 30.3 Å². The second-order valence-corrected chi connectivity index (χ2v) is 7.98. The Hall–Kier alpha value is -2.52. The summed E-state index contributed by atoms with van der Waals surface area (Å²) in [5.41, 5.74) is 0.467. The molecule has 27 heavy (non-hydrogen) atoms. The second-order valence-electron chi connectivity index (χ2n) is 6.11. The van der Waals surface area contributed by atoms with Crippen LogP contribution in [-0.4, -0.2) is 45.9 Å². The highest BCUT2D eigenvalue weighted by atomic mass is 32.2. The lowest BCUT2D eigenvalue weighted by molar-refractivity contribution is 0.0991. The maximum atomic E-state index is 12.6. The molecular formula is C18H22N2O6S. The van der Waals surface area contributed by atoms with Gasteiger partial charge in [0, 0.05) is 24.8 Å². The van der Waals surface area contributed by atoms with E-state index in [1.165, 1.54) is 30.7 Å². The highest BCUT2D eigenvalue weighted by molar-refractivity contribution is 7.89. The smallest absolute Gasteiger partial charge is 0.291 e. The van der Waals surface area contributed by atoms with Gasteiger partial charge in [0.1, 0.15) is 0 Å². The normalized spacial score (nSPS) is 15.3. The van der Waals surface area contributed by atoms with Gasteiger partial charge < -0.3 is 19.2 Å². The average Bonchev–Trinajstić information content (AvgIpc) is 3.20. The zero-order chi connectivity index (χ0) is 19.4. The number of nitrogens with zero attached hydrogens (tertiary/aromatic N) is 1. The molecule has 0 spiro atoms. The van der Waals surface area contributed by atoms with E-state index in [2.05, 4.69) is 5.32 Å². The molecule has 1 aliphatic heterocycles. The first-order valence-electron chi connectivity index (χ1n) is 8.59. The van der Waals surface area contributed by atoms with Crippen molar-refractivity contribution in [1.82, 2.24) is 4.31 Å². The molecule has 1 N–H and O–H groups in total. The van der Waals surface area contributed by atoms with Crippen LogP contribution in [0.1, 0.15) is 29.8 Å². The fraction of sp³-hybridized carbons (Fsp3) is 0.389. The molecular weight excluding hydrogens is 372 g/mol. The Morgan fingerprint density at radius 3 is 2.41 bits per heavy atom. The van der Waals surface area contributed by atoms with Crippen LogP contribution in [-0.2, 0) is 10.0 Å². The molecule has 8 nitrogen and oxygen atoms in total. The van der Waals surface area contributed by atoms with E-state index in [4.69, 9.17) is 13.9 Å². The van der Waals surface area contributed by atoms with Gasteiger partial charge in [-0.2, -0.15) is 4.31 Å². The summed E-state index contributed by atoms with van der Waals surface area (Å²) in [4.78, 5) is 12.4. The molecule has 0 saturated carbocycles. The summed E-state index contributed by atoms with van der Waals surface area (Å²) in [5, 5.41) is 2.43. The Labute approximate surface area is 158 Å². The van der Waals surface area contributed by atoms with Crippen molar-refractivity contribution in [3.8, 4) is 11.5 Å². The molecule has 0 radical (unpaired) electrons. The van der Waals surface area contributed by atoms with E-state index in [-0.39, 0.29) is 10.9 Å². The lowest BCUT2D eigenvalue weighted by Gasteiger charge is -2.24. The summed E-state index contributed by atoms with van der Waals surface area (Å²) in [6.07, 6.45) is 2.67. The molecule has 9 heteroatoms.